The molecule has 0 saturated heterocycles. The highest BCUT2D eigenvalue weighted by molar-refractivity contribution is 5.43. The molecule has 1 aromatic heterocycles. The van der Waals surface area contributed by atoms with E-state index in [1.165, 1.54) is 13.1 Å². The van der Waals surface area contributed by atoms with Crippen LogP contribution >= 0.6 is 0 Å². The molecular weight excluding hydrogens is 240 g/mol. The van der Waals surface area contributed by atoms with E-state index in [1.807, 2.05) is 0 Å². The van der Waals surface area contributed by atoms with Gasteiger partial charge in [-0.2, -0.15) is 13.2 Å². The third kappa shape index (κ3) is 3.06. The first kappa shape index (κ1) is 13.7. The lowest BCUT2D eigenvalue weighted by Gasteiger charge is -2.16. The number of aliphatic hydroxyl groups excluding tert-OH is 1. The monoisotopic (exact) mass is 252 g/mol. The Hall–Kier alpha value is -1.37. The van der Waals surface area contributed by atoms with Crippen molar-refractivity contribution in [2.75, 3.05) is 6.67 Å². The fourth-order valence-electron chi connectivity index (χ4n) is 1.34. The Morgan fingerprint density at radius 3 is 2.65 bits per heavy atom. The fourth-order valence-corrected chi connectivity index (χ4v) is 1.34. The van der Waals surface area contributed by atoms with E-state index in [0.29, 0.717) is 5.69 Å². The van der Waals surface area contributed by atoms with Gasteiger partial charge in [0.2, 0.25) is 6.10 Å². The van der Waals surface area contributed by atoms with Crippen molar-refractivity contribution in [1.82, 2.24) is 9.55 Å². The predicted octanol–water partition coefficient (Wildman–Crippen LogP) is 2.62. The highest BCUT2D eigenvalue weighted by atomic mass is 19.4. The van der Waals surface area contributed by atoms with Gasteiger partial charge in [0.15, 0.2) is 5.82 Å². The molecule has 0 saturated carbocycles. The molecule has 0 aliphatic carbocycles. The van der Waals surface area contributed by atoms with Crippen LogP contribution in [0.25, 0.3) is 5.70 Å². The molecule has 1 rings (SSSR count). The van der Waals surface area contributed by atoms with E-state index in [2.05, 4.69) is 11.6 Å². The SMILES string of the molecule is C=C(CCF)n1cc(C)nc1[C@H](O)C(F)(F)F. The van der Waals surface area contributed by atoms with Crippen LogP contribution in [0.3, 0.4) is 0 Å². The summed E-state index contributed by atoms with van der Waals surface area (Å²) in [4.78, 5) is 3.59. The largest absolute Gasteiger partial charge is 0.421 e. The third-order valence-electron chi connectivity index (χ3n) is 2.13. The number of aromatic nitrogens is 2. The Morgan fingerprint density at radius 2 is 2.18 bits per heavy atom. The van der Waals surface area contributed by atoms with E-state index < -0.39 is 24.8 Å². The first-order valence-electron chi connectivity index (χ1n) is 4.82. The molecule has 0 aromatic carbocycles. The van der Waals surface area contributed by atoms with Crippen molar-refractivity contribution >= 4 is 5.70 Å². The Balaban J connectivity index is 3.12. The summed E-state index contributed by atoms with van der Waals surface area (Å²) in [6.07, 6.45) is -6.35. The number of hydrogen-bond donors (Lipinski definition) is 1. The molecular formula is C10H12F4N2O. The molecule has 1 aromatic rings. The number of imidazole rings is 1. The minimum atomic E-state index is -4.81. The maximum Gasteiger partial charge on any atom is 0.421 e. The first-order chi connectivity index (χ1) is 7.77. The lowest BCUT2D eigenvalue weighted by atomic mass is 10.3. The van der Waals surface area contributed by atoms with Crippen LogP contribution in [-0.4, -0.2) is 27.5 Å². The molecule has 0 spiro atoms. The van der Waals surface area contributed by atoms with E-state index >= 15 is 0 Å². The van der Waals surface area contributed by atoms with Crippen molar-refractivity contribution in [2.24, 2.45) is 0 Å². The van der Waals surface area contributed by atoms with Crippen molar-refractivity contribution < 1.29 is 22.7 Å². The summed E-state index contributed by atoms with van der Waals surface area (Å²) >= 11 is 0. The van der Waals surface area contributed by atoms with Crippen molar-refractivity contribution in [2.45, 2.75) is 25.6 Å². The zero-order valence-electron chi connectivity index (χ0n) is 9.13. The van der Waals surface area contributed by atoms with Gasteiger partial charge in [0.1, 0.15) is 0 Å². The van der Waals surface area contributed by atoms with Crippen LogP contribution in [0.15, 0.2) is 12.8 Å². The van der Waals surface area contributed by atoms with Gasteiger partial charge < -0.3 is 9.67 Å². The number of halogens is 4. The normalized spacial score (nSPS) is 13.8. The van der Waals surface area contributed by atoms with Gasteiger partial charge in [0, 0.05) is 18.3 Å². The van der Waals surface area contributed by atoms with Crippen LogP contribution in [0.4, 0.5) is 17.6 Å². The molecule has 1 heterocycles. The minimum Gasteiger partial charge on any atom is -0.377 e. The highest BCUT2D eigenvalue weighted by Gasteiger charge is 2.42. The Bertz CT molecular complexity index is 411. The summed E-state index contributed by atoms with van der Waals surface area (Å²) < 4.78 is 50.2. The van der Waals surface area contributed by atoms with Gasteiger partial charge in [0.05, 0.1) is 12.4 Å². The van der Waals surface area contributed by atoms with Crippen LogP contribution in [0.2, 0.25) is 0 Å². The Kier molecular flexibility index (Phi) is 3.92. The standard InChI is InChI=1S/C10H12F4N2O/c1-6-5-16(7(2)3-4-11)9(15-6)8(17)10(12,13)14/h5,8,17H,2-4H2,1H3/t8-/m0/s1. The molecule has 0 aliphatic heterocycles. The molecule has 96 valence electrons. The number of alkyl halides is 4. The quantitative estimate of drug-likeness (QED) is 0.836. The number of nitrogens with zero attached hydrogens (tertiary/aromatic N) is 2. The lowest BCUT2D eigenvalue weighted by Crippen LogP contribution is -2.23. The summed E-state index contributed by atoms with van der Waals surface area (Å²) in [6, 6.07) is 0. The van der Waals surface area contributed by atoms with Crippen molar-refractivity contribution in [3.63, 3.8) is 0 Å². The number of aliphatic hydroxyl groups is 1. The third-order valence-corrected chi connectivity index (χ3v) is 2.13. The maximum absolute atomic E-state index is 12.4. The minimum absolute atomic E-state index is 0.117. The van der Waals surface area contributed by atoms with Crippen LogP contribution in [0.1, 0.15) is 24.0 Å². The van der Waals surface area contributed by atoms with Gasteiger partial charge in [-0.15, -0.1) is 0 Å². The van der Waals surface area contributed by atoms with E-state index in [4.69, 9.17) is 5.11 Å². The fraction of sp³-hybridized carbons (Fsp3) is 0.500. The Labute approximate surface area is 95.4 Å². The van der Waals surface area contributed by atoms with Crippen LogP contribution in [-0.2, 0) is 0 Å². The average Bonchev–Trinajstić information content (AvgIpc) is 2.58. The molecule has 0 aliphatic rings. The van der Waals surface area contributed by atoms with E-state index in [1.54, 1.807) is 0 Å². The Morgan fingerprint density at radius 1 is 1.59 bits per heavy atom. The van der Waals surface area contributed by atoms with Gasteiger partial charge in [0.25, 0.3) is 0 Å². The molecule has 1 atom stereocenters. The zero-order chi connectivity index (χ0) is 13.2. The summed E-state index contributed by atoms with van der Waals surface area (Å²) in [5.41, 5.74) is 0.412. The molecule has 0 fully saturated rings. The highest BCUT2D eigenvalue weighted by Crippen LogP contribution is 2.33. The second-order valence-electron chi connectivity index (χ2n) is 3.56. The van der Waals surface area contributed by atoms with E-state index in [9.17, 15) is 17.6 Å². The summed E-state index contributed by atoms with van der Waals surface area (Å²) in [7, 11) is 0. The molecule has 0 radical (unpaired) electrons. The van der Waals surface area contributed by atoms with Crippen molar-refractivity contribution in [3.05, 3.63) is 24.3 Å². The van der Waals surface area contributed by atoms with E-state index in [-0.39, 0.29) is 12.1 Å². The molecule has 3 nitrogen and oxygen atoms in total. The topological polar surface area (TPSA) is 38.0 Å². The van der Waals surface area contributed by atoms with Crippen LogP contribution in [0, 0.1) is 6.92 Å². The maximum atomic E-state index is 12.4. The lowest BCUT2D eigenvalue weighted by molar-refractivity contribution is -0.209. The van der Waals surface area contributed by atoms with E-state index in [0.717, 1.165) is 4.57 Å². The molecule has 0 bridgehead atoms. The van der Waals surface area contributed by atoms with Gasteiger partial charge in [-0.3, -0.25) is 4.39 Å². The number of hydrogen-bond acceptors (Lipinski definition) is 2. The molecule has 0 amide bonds. The second-order valence-corrected chi connectivity index (χ2v) is 3.56. The molecule has 17 heavy (non-hydrogen) atoms. The smallest absolute Gasteiger partial charge is 0.377 e. The molecule has 7 heteroatoms. The van der Waals surface area contributed by atoms with Crippen molar-refractivity contribution in [3.8, 4) is 0 Å². The van der Waals surface area contributed by atoms with Gasteiger partial charge in [-0.1, -0.05) is 6.58 Å². The van der Waals surface area contributed by atoms with Gasteiger partial charge in [-0.25, -0.2) is 4.98 Å². The number of aryl methyl sites for hydroxylation is 1. The number of allylic oxidation sites excluding steroid dienone is 1. The summed E-state index contributed by atoms with van der Waals surface area (Å²) in [5.74, 6) is -0.589. The number of rotatable bonds is 4. The average molecular weight is 252 g/mol. The zero-order valence-corrected chi connectivity index (χ0v) is 9.13. The van der Waals surface area contributed by atoms with Crippen LogP contribution in [0.5, 0.6) is 0 Å². The molecule has 1 N–H and O–H groups in total. The second kappa shape index (κ2) is 4.87. The molecule has 0 unspecified atom stereocenters. The summed E-state index contributed by atoms with van der Waals surface area (Å²) in [5, 5.41) is 9.13. The first-order valence-corrected chi connectivity index (χ1v) is 4.82. The van der Waals surface area contributed by atoms with Gasteiger partial charge >= 0.3 is 6.18 Å². The summed E-state index contributed by atoms with van der Waals surface area (Å²) in [6.45, 7) is 4.20. The van der Waals surface area contributed by atoms with Gasteiger partial charge in [-0.05, 0) is 6.92 Å². The van der Waals surface area contributed by atoms with Crippen molar-refractivity contribution in [1.29, 1.82) is 0 Å². The predicted molar refractivity (Wildman–Crippen MR) is 53.9 cm³/mol. The van der Waals surface area contributed by atoms with Crippen LogP contribution < -0.4 is 0 Å².